The molecule has 0 bridgehead atoms. The monoisotopic (exact) mass is 304 g/mol. The molecule has 0 aliphatic rings. The van der Waals surface area contributed by atoms with Crippen molar-refractivity contribution in [1.82, 2.24) is 4.98 Å². The average molecular weight is 304 g/mol. The number of aromatic nitrogens is 1. The first-order valence-corrected chi connectivity index (χ1v) is 7.38. The molecule has 0 amide bonds. The molecule has 4 nitrogen and oxygen atoms in total. The van der Waals surface area contributed by atoms with E-state index in [0.717, 1.165) is 16.6 Å². The number of nitriles is 1. The number of nitrogens with one attached hydrogen (secondary N) is 1. The highest BCUT2D eigenvalue weighted by Gasteiger charge is 2.22. The number of Topliss-reactive ketones (excluding diaryl/α,β-unsaturated/α-hetero) is 1. The number of ketones is 1. The van der Waals surface area contributed by atoms with Gasteiger partial charge in [-0.15, -0.1) is 0 Å². The van der Waals surface area contributed by atoms with Gasteiger partial charge >= 0.3 is 0 Å². The van der Waals surface area contributed by atoms with Gasteiger partial charge in [0.1, 0.15) is 5.75 Å². The van der Waals surface area contributed by atoms with Crippen LogP contribution in [0.25, 0.3) is 10.9 Å². The van der Waals surface area contributed by atoms with E-state index in [1.165, 1.54) is 0 Å². The van der Waals surface area contributed by atoms with Crippen LogP contribution in [0.15, 0.2) is 48.5 Å². The first-order valence-electron chi connectivity index (χ1n) is 7.38. The molecule has 1 aromatic heterocycles. The SMILES string of the molecule is Cc1[nH]c2ccccc2c1C(=O)[C@H](C)Oc1ccc(C#N)cc1. The van der Waals surface area contributed by atoms with Crippen molar-refractivity contribution in [3.8, 4) is 11.8 Å². The van der Waals surface area contributed by atoms with Crippen molar-refractivity contribution < 1.29 is 9.53 Å². The maximum absolute atomic E-state index is 12.8. The molecule has 2 aromatic carbocycles. The van der Waals surface area contributed by atoms with Gasteiger partial charge in [0.15, 0.2) is 6.10 Å². The molecule has 0 saturated carbocycles. The number of ether oxygens (including phenoxy) is 1. The highest BCUT2D eigenvalue weighted by molar-refractivity contribution is 6.11. The number of nitrogens with zero attached hydrogens (tertiary/aromatic N) is 1. The number of H-pyrrole nitrogens is 1. The maximum atomic E-state index is 12.8. The normalized spacial score (nSPS) is 11.9. The number of para-hydroxylation sites is 1. The molecule has 0 spiro atoms. The van der Waals surface area contributed by atoms with E-state index in [1.54, 1.807) is 31.2 Å². The molecule has 0 unspecified atom stereocenters. The lowest BCUT2D eigenvalue weighted by Crippen LogP contribution is -2.24. The summed E-state index contributed by atoms with van der Waals surface area (Å²) in [6.45, 7) is 3.63. The van der Waals surface area contributed by atoms with Crippen LogP contribution in [-0.4, -0.2) is 16.9 Å². The molecule has 114 valence electrons. The van der Waals surface area contributed by atoms with E-state index in [9.17, 15) is 4.79 Å². The maximum Gasteiger partial charge on any atom is 0.205 e. The molecule has 3 rings (SSSR count). The first-order chi connectivity index (χ1) is 11.1. The lowest BCUT2D eigenvalue weighted by Gasteiger charge is -2.14. The highest BCUT2D eigenvalue weighted by atomic mass is 16.5. The van der Waals surface area contributed by atoms with Crippen LogP contribution >= 0.6 is 0 Å². The molecule has 1 atom stereocenters. The number of carbonyl (C=O) groups excluding carboxylic acids is 1. The Morgan fingerprint density at radius 2 is 1.87 bits per heavy atom. The van der Waals surface area contributed by atoms with Crippen LogP contribution in [0.1, 0.15) is 28.5 Å². The fourth-order valence-electron chi connectivity index (χ4n) is 2.66. The Labute approximate surface area is 134 Å². The second kappa shape index (κ2) is 5.98. The van der Waals surface area contributed by atoms with Gasteiger partial charge in [0.05, 0.1) is 11.6 Å². The van der Waals surface area contributed by atoms with Crippen LogP contribution in [0.3, 0.4) is 0 Å². The fourth-order valence-corrected chi connectivity index (χ4v) is 2.66. The third-order valence-corrected chi connectivity index (χ3v) is 3.81. The van der Waals surface area contributed by atoms with Crippen molar-refractivity contribution >= 4 is 16.7 Å². The molecule has 3 aromatic rings. The van der Waals surface area contributed by atoms with E-state index < -0.39 is 6.10 Å². The number of hydrogen-bond donors (Lipinski definition) is 1. The van der Waals surface area contributed by atoms with E-state index in [0.29, 0.717) is 16.9 Å². The Hall–Kier alpha value is -3.06. The van der Waals surface area contributed by atoms with E-state index >= 15 is 0 Å². The summed E-state index contributed by atoms with van der Waals surface area (Å²) < 4.78 is 5.73. The molecule has 1 heterocycles. The van der Waals surface area contributed by atoms with Gasteiger partial charge in [0, 0.05) is 22.2 Å². The molecule has 4 heteroatoms. The Bertz CT molecular complexity index is 901. The molecule has 23 heavy (non-hydrogen) atoms. The van der Waals surface area contributed by atoms with Gasteiger partial charge in [-0.25, -0.2) is 0 Å². The van der Waals surface area contributed by atoms with Crippen LogP contribution in [-0.2, 0) is 0 Å². The van der Waals surface area contributed by atoms with Crippen LogP contribution in [0, 0.1) is 18.3 Å². The zero-order valence-electron chi connectivity index (χ0n) is 13.0. The van der Waals surface area contributed by atoms with Gasteiger partial charge in [-0.2, -0.15) is 5.26 Å². The van der Waals surface area contributed by atoms with Crippen molar-refractivity contribution in [2.75, 3.05) is 0 Å². The number of aromatic amines is 1. The van der Waals surface area contributed by atoms with Gasteiger partial charge in [-0.1, -0.05) is 18.2 Å². The minimum atomic E-state index is -0.610. The van der Waals surface area contributed by atoms with Crippen LogP contribution in [0.5, 0.6) is 5.75 Å². The molecular weight excluding hydrogens is 288 g/mol. The largest absolute Gasteiger partial charge is 0.483 e. The first kappa shape index (κ1) is 14.9. The minimum Gasteiger partial charge on any atom is -0.483 e. The zero-order valence-corrected chi connectivity index (χ0v) is 13.0. The van der Waals surface area contributed by atoms with Gasteiger partial charge in [-0.3, -0.25) is 4.79 Å². The number of carbonyl (C=O) groups is 1. The van der Waals surface area contributed by atoms with E-state index in [-0.39, 0.29) is 5.78 Å². The van der Waals surface area contributed by atoms with Crippen LogP contribution in [0.2, 0.25) is 0 Å². The Morgan fingerprint density at radius 3 is 2.57 bits per heavy atom. The Kier molecular flexibility index (Phi) is 3.86. The third kappa shape index (κ3) is 2.82. The summed E-state index contributed by atoms with van der Waals surface area (Å²) in [6, 6.07) is 16.5. The lowest BCUT2D eigenvalue weighted by atomic mass is 10.0. The summed E-state index contributed by atoms with van der Waals surface area (Å²) in [5.41, 5.74) is 3.01. The van der Waals surface area contributed by atoms with Crippen LogP contribution < -0.4 is 4.74 Å². The Morgan fingerprint density at radius 1 is 1.17 bits per heavy atom. The van der Waals surface area contributed by atoms with Crippen molar-refractivity contribution in [2.45, 2.75) is 20.0 Å². The predicted molar refractivity (Wildman–Crippen MR) is 88.6 cm³/mol. The average Bonchev–Trinajstić information content (AvgIpc) is 2.90. The number of fused-ring (bicyclic) bond motifs is 1. The van der Waals surface area contributed by atoms with Crippen LogP contribution in [0.4, 0.5) is 0 Å². The predicted octanol–water partition coefficient (Wildman–Crippen LogP) is 4.00. The van der Waals surface area contributed by atoms with Crippen molar-refractivity contribution in [3.05, 3.63) is 65.4 Å². The van der Waals surface area contributed by atoms with Crippen molar-refractivity contribution in [3.63, 3.8) is 0 Å². The summed E-state index contributed by atoms with van der Waals surface area (Å²) in [7, 11) is 0. The smallest absolute Gasteiger partial charge is 0.205 e. The van der Waals surface area contributed by atoms with Gasteiger partial charge in [0.2, 0.25) is 5.78 Å². The number of benzene rings is 2. The molecule has 0 saturated heterocycles. The van der Waals surface area contributed by atoms with E-state index in [2.05, 4.69) is 11.1 Å². The number of hydrogen-bond acceptors (Lipinski definition) is 3. The minimum absolute atomic E-state index is 0.0655. The zero-order chi connectivity index (χ0) is 16.4. The second-order valence-corrected chi connectivity index (χ2v) is 5.43. The number of rotatable bonds is 4. The van der Waals surface area contributed by atoms with E-state index in [1.807, 2.05) is 31.2 Å². The van der Waals surface area contributed by atoms with Gasteiger partial charge in [-0.05, 0) is 44.2 Å². The lowest BCUT2D eigenvalue weighted by molar-refractivity contribution is 0.0819. The molecular formula is C19H16N2O2. The molecule has 0 aliphatic carbocycles. The summed E-state index contributed by atoms with van der Waals surface area (Å²) in [4.78, 5) is 16.0. The van der Waals surface area contributed by atoms with Gasteiger partial charge in [0.25, 0.3) is 0 Å². The fraction of sp³-hybridized carbons (Fsp3) is 0.158. The summed E-state index contributed by atoms with van der Waals surface area (Å²) in [6.07, 6.45) is -0.610. The highest BCUT2D eigenvalue weighted by Crippen LogP contribution is 2.24. The topological polar surface area (TPSA) is 65.9 Å². The summed E-state index contributed by atoms with van der Waals surface area (Å²) in [5.74, 6) is 0.506. The molecule has 0 radical (unpaired) electrons. The summed E-state index contributed by atoms with van der Waals surface area (Å²) >= 11 is 0. The van der Waals surface area contributed by atoms with Gasteiger partial charge < -0.3 is 9.72 Å². The Balaban J connectivity index is 1.86. The quantitative estimate of drug-likeness (QED) is 0.741. The number of aryl methyl sites for hydroxylation is 1. The second-order valence-electron chi connectivity index (χ2n) is 5.43. The standard InChI is InChI=1S/C19H16N2O2/c1-12-18(16-5-3-4-6-17(16)21-12)19(22)13(2)23-15-9-7-14(11-20)8-10-15/h3-10,13,21H,1-2H3/t13-/m0/s1. The molecule has 0 aliphatic heterocycles. The summed E-state index contributed by atoms with van der Waals surface area (Å²) in [5, 5.41) is 9.71. The third-order valence-electron chi connectivity index (χ3n) is 3.81. The molecule has 0 fully saturated rings. The van der Waals surface area contributed by atoms with Crippen molar-refractivity contribution in [2.24, 2.45) is 0 Å². The van der Waals surface area contributed by atoms with E-state index in [4.69, 9.17) is 10.00 Å². The van der Waals surface area contributed by atoms with Crippen molar-refractivity contribution in [1.29, 1.82) is 5.26 Å². The molecule has 1 N–H and O–H groups in total.